The summed E-state index contributed by atoms with van der Waals surface area (Å²) in [7, 11) is 0. The molecule has 0 radical (unpaired) electrons. The first-order chi connectivity index (χ1) is 12.7. The van der Waals surface area contributed by atoms with Gasteiger partial charge >= 0.3 is 10.1 Å². The third-order valence-corrected chi connectivity index (χ3v) is 2.99. The van der Waals surface area contributed by atoms with Gasteiger partial charge in [-0.2, -0.15) is 0 Å². The molecule has 0 bridgehead atoms. The third-order valence-electron chi connectivity index (χ3n) is 2.88. The van der Waals surface area contributed by atoms with Crippen molar-refractivity contribution in [2.45, 2.75) is 12.8 Å². The first-order valence-corrected chi connectivity index (χ1v) is 8.72. The Morgan fingerprint density at radius 2 is 1.14 bits per heavy atom. The van der Waals surface area contributed by atoms with Crippen molar-refractivity contribution < 1.29 is 29.6 Å². The zero-order valence-electron chi connectivity index (χ0n) is 14.6. The van der Waals surface area contributed by atoms with Crippen LogP contribution >= 0.6 is 47.2 Å². The topological polar surface area (TPSA) is 104 Å². The molecule has 0 spiro atoms. The average molecular weight is 474 g/mol. The summed E-state index contributed by atoms with van der Waals surface area (Å²) < 4.78 is 3.65. The summed E-state index contributed by atoms with van der Waals surface area (Å²) in [6.07, 6.45) is 1.25. The van der Waals surface area contributed by atoms with Gasteiger partial charge in [0.1, 0.15) is 11.5 Å². The molecule has 0 fully saturated rings. The summed E-state index contributed by atoms with van der Waals surface area (Å²) in [6.45, 7) is 0.415. The van der Waals surface area contributed by atoms with Crippen LogP contribution in [0.3, 0.4) is 0 Å². The average Bonchev–Trinajstić information content (AvgIpc) is 2.59. The Morgan fingerprint density at radius 1 is 0.786 bits per heavy atom. The van der Waals surface area contributed by atoms with Gasteiger partial charge in [0, 0.05) is 24.6 Å². The Bertz CT molecular complexity index is 673. The van der Waals surface area contributed by atoms with Crippen molar-refractivity contribution in [3.63, 3.8) is 0 Å². The zero-order valence-corrected chi connectivity index (χ0v) is 17.6. The largest absolute Gasteiger partial charge is 0.508 e. The molecule has 2 aromatic rings. The molecule has 0 aliphatic carbocycles. The Morgan fingerprint density at radius 3 is 1.46 bits per heavy atom. The van der Waals surface area contributed by atoms with E-state index in [-0.39, 0.29) is 37.1 Å². The van der Waals surface area contributed by atoms with E-state index in [1.165, 1.54) is 0 Å². The van der Waals surface area contributed by atoms with E-state index in [4.69, 9.17) is 31.7 Å². The number of aliphatic hydroxyl groups excluding tert-OH is 1. The van der Waals surface area contributed by atoms with E-state index in [2.05, 4.69) is 27.9 Å². The number of hydrogen-bond donors (Lipinski definition) is 3. The normalized spacial score (nSPS) is 8.86. The number of aliphatic hydroxyl groups is 1. The highest BCUT2D eigenvalue weighted by Crippen LogP contribution is 2.10. The first kappa shape index (κ1) is 28.5. The molecule has 2 aromatic carbocycles. The molecule has 10 heteroatoms. The van der Waals surface area contributed by atoms with E-state index >= 15 is 0 Å². The van der Waals surface area contributed by atoms with Gasteiger partial charge in [-0.05, 0) is 65.0 Å². The molecule has 0 saturated heterocycles. The van der Waals surface area contributed by atoms with Gasteiger partial charge < -0.3 is 20.1 Å². The van der Waals surface area contributed by atoms with Gasteiger partial charge in [0.15, 0.2) is 0 Å². The van der Waals surface area contributed by atoms with Crippen LogP contribution in [0.2, 0.25) is 0 Å². The molecular weight excluding hydrogens is 454 g/mol. The number of rotatable bonds is 5. The highest BCUT2D eigenvalue weighted by Gasteiger charge is 1.97. The van der Waals surface area contributed by atoms with E-state index in [9.17, 15) is 4.79 Å². The molecule has 0 aliphatic heterocycles. The Kier molecular flexibility index (Phi) is 17.7. The van der Waals surface area contributed by atoms with Crippen molar-refractivity contribution in [2.24, 2.45) is 0 Å². The number of carbonyl (C=O) groups is 2. The van der Waals surface area contributed by atoms with E-state index in [0.29, 0.717) is 12.8 Å². The summed E-state index contributed by atoms with van der Waals surface area (Å²) in [5.41, 5.74) is 1.23. The maximum absolute atomic E-state index is 10.2. The predicted molar refractivity (Wildman–Crippen MR) is 112 cm³/mol. The maximum Gasteiger partial charge on any atom is 0.403 e. The van der Waals surface area contributed by atoms with Gasteiger partial charge in [-0.25, -0.2) is 4.79 Å². The molecule has 0 aromatic heterocycles. The lowest BCUT2D eigenvalue weighted by molar-refractivity contribution is 0.175. The molecule has 28 heavy (non-hydrogen) atoms. The molecule has 0 atom stereocenters. The first-order valence-electron chi connectivity index (χ1n) is 7.58. The number of carbonyl (C=O) groups excluding carboxylic acids is 2. The van der Waals surface area contributed by atoms with Crippen LogP contribution in [0.25, 0.3) is 0 Å². The summed E-state index contributed by atoms with van der Waals surface area (Å²) in [6, 6.07) is 13.5. The van der Waals surface area contributed by atoms with E-state index in [1.807, 2.05) is 0 Å². The van der Waals surface area contributed by atoms with E-state index in [1.54, 1.807) is 48.5 Å². The molecule has 156 valence electrons. The Balaban J connectivity index is 0. The van der Waals surface area contributed by atoms with E-state index < -0.39 is 10.1 Å². The number of halogens is 4. The minimum absolute atomic E-state index is 0. The molecule has 0 aliphatic rings. The van der Waals surface area contributed by atoms with Crippen LogP contribution in [0, 0.1) is 0 Å². The van der Waals surface area contributed by atoms with Crippen LogP contribution in [-0.4, -0.2) is 38.7 Å². The molecule has 6 nitrogen and oxygen atoms in total. The SMILES string of the molecule is Cl.O=C(Cl)Cl.O=C(Cl)OCCc1ccc(O)cc1.OCCc1ccc(O)cc1. The number of aromatic hydroxyl groups is 2. The lowest BCUT2D eigenvalue weighted by atomic mass is 10.1. The standard InChI is InChI=1S/C9H9ClO3.C8H10O2.CCl2O.ClH/c10-9(12)13-6-5-7-1-3-8(11)4-2-7;9-6-5-7-1-3-8(10)4-2-7;2-1(3)4;/h1-4,11H,5-6H2;1-4,9-10H,5-6H2;;1H. The van der Waals surface area contributed by atoms with Crippen molar-refractivity contribution >= 4 is 57.3 Å². The van der Waals surface area contributed by atoms with Gasteiger partial charge in [0.05, 0.1) is 6.61 Å². The van der Waals surface area contributed by atoms with Crippen LogP contribution in [0.15, 0.2) is 48.5 Å². The predicted octanol–water partition coefficient (Wildman–Crippen LogP) is 5.24. The number of phenolic OH excluding ortho intramolecular Hbond substituents is 2. The molecule has 0 heterocycles. The van der Waals surface area contributed by atoms with Crippen molar-refractivity contribution in [3.8, 4) is 11.5 Å². The van der Waals surface area contributed by atoms with Gasteiger partial charge in [0.25, 0.3) is 0 Å². The van der Waals surface area contributed by atoms with Crippen LogP contribution in [-0.2, 0) is 17.6 Å². The number of benzene rings is 2. The Labute approximate surface area is 184 Å². The highest BCUT2D eigenvalue weighted by molar-refractivity contribution is 6.93. The van der Waals surface area contributed by atoms with Crippen LogP contribution in [0.4, 0.5) is 9.59 Å². The van der Waals surface area contributed by atoms with Gasteiger partial charge in [-0.3, -0.25) is 4.79 Å². The maximum atomic E-state index is 10.2. The summed E-state index contributed by atoms with van der Waals surface area (Å²) >= 11 is 13.8. The summed E-state index contributed by atoms with van der Waals surface area (Å²) in [4.78, 5) is 19.2. The quantitative estimate of drug-likeness (QED) is 0.512. The van der Waals surface area contributed by atoms with Crippen molar-refractivity contribution in [3.05, 3.63) is 59.7 Å². The molecule has 2 rings (SSSR count). The summed E-state index contributed by atoms with van der Waals surface area (Å²) in [5, 5.41) is 26.4. The number of hydrogen-bond acceptors (Lipinski definition) is 6. The zero-order chi connectivity index (χ0) is 20.7. The molecule has 0 saturated carbocycles. The minimum atomic E-state index is -0.889. The smallest absolute Gasteiger partial charge is 0.403 e. The van der Waals surface area contributed by atoms with Gasteiger partial charge in [-0.1, -0.05) is 24.3 Å². The number of phenols is 2. The second-order valence-electron chi connectivity index (χ2n) is 4.87. The second-order valence-corrected chi connectivity index (χ2v) is 6.06. The van der Waals surface area contributed by atoms with Crippen LogP contribution in [0.5, 0.6) is 11.5 Å². The van der Waals surface area contributed by atoms with Gasteiger partial charge in [0.2, 0.25) is 0 Å². The monoisotopic (exact) mass is 472 g/mol. The highest BCUT2D eigenvalue weighted by atomic mass is 35.5. The lowest BCUT2D eigenvalue weighted by Gasteiger charge is -2.00. The second kappa shape index (κ2) is 17.4. The molecule has 3 N–H and O–H groups in total. The lowest BCUT2D eigenvalue weighted by Crippen LogP contribution is -1.99. The Hall–Kier alpha value is -1.70. The molecule has 0 amide bonds. The van der Waals surface area contributed by atoms with Crippen LogP contribution in [0.1, 0.15) is 11.1 Å². The van der Waals surface area contributed by atoms with Crippen molar-refractivity contribution in [2.75, 3.05) is 13.2 Å². The third kappa shape index (κ3) is 17.7. The van der Waals surface area contributed by atoms with Gasteiger partial charge in [-0.15, -0.1) is 12.4 Å². The van der Waals surface area contributed by atoms with Crippen molar-refractivity contribution in [1.82, 2.24) is 0 Å². The molecule has 0 unspecified atom stereocenters. The van der Waals surface area contributed by atoms with E-state index in [0.717, 1.165) is 11.1 Å². The summed E-state index contributed by atoms with van der Waals surface area (Å²) in [5.74, 6) is 0.486. The fraction of sp³-hybridized carbons (Fsp3) is 0.222. The fourth-order valence-corrected chi connectivity index (χ4v) is 1.78. The molecular formula is C18H20Cl4O6. The number of ether oxygens (including phenoxy) is 1. The minimum Gasteiger partial charge on any atom is -0.508 e. The van der Waals surface area contributed by atoms with Crippen molar-refractivity contribution in [1.29, 1.82) is 0 Å². The van der Waals surface area contributed by atoms with Crippen LogP contribution < -0.4 is 0 Å². The fourth-order valence-electron chi connectivity index (χ4n) is 1.70.